The van der Waals surface area contributed by atoms with Gasteiger partial charge in [-0.15, -0.1) is 0 Å². The van der Waals surface area contributed by atoms with E-state index in [1.165, 1.54) is 60.0 Å². The molecule has 0 aliphatic heterocycles. The van der Waals surface area contributed by atoms with Crippen LogP contribution in [-0.4, -0.2) is 0 Å². The Morgan fingerprint density at radius 1 is 0.604 bits per heavy atom. The van der Waals surface area contributed by atoms with Crippen molar-refractivity contribution in [2.24, 2.45) is 17.8 Å². The summed E-state index contributed by atoms with van der Waals surface area (Å²) in [5.41, 5.74) is 13.8. The van der Waals surface area contributed by atoms with E-state index in [4.69, 9.17) is 4.42 Å². The lowest BCUT2D eigenvalue weighted by Crippen LogP contribution is -2.47. The van der Waals surface area contributed by atoms with Crippen LogP contribution in [0, 0.1) is 17.8 Å². The average Bonchev–Trinajstić information content (AvgIpc) is 3.66. The summed E-state index contributed by atoms with van der Waals surface area (Å²) in [6, 6.07) is 51.4. The number of furan rings is 1. The maximum Gasteiger partial charge on any atom is 0.137 e. The minimum Gasteiger partial charge on any atom is -0.456 e. The molecule has 10 rings (SSSR count). The monoisotopic (exact) mass is 621 g/mol. The van der Waals surface area contributed by atoms with Gasteiger partial charge in [0.2, 0.25) is 0 Å². The summed E-state index contributed by atoms with van der Waals surface area (Å²) >= 11 is 0. The highest BCUT2D eigenvalue weighted by molar-refractivity contribution is 6.13. The molecular formula is C46H39NO. The Labute approximate surface area is 282 Å². The molecule has 1 heterocycles. The minimum atomic E-state index is 0.102. The van der Waals surface area contributed by atoms with Gasteiger partial charge in [0.05, 0.1) is 11.1 Å². The molecule has 3 aliphatic rings. The van der Waals surface area contributed by atoms with Crippen molar-refractivity contribution in [3.8, 4) is 22.3 Å². The topological polar surface area (TPSA) is 16.4 Å². The van der Waals surface area contributed by atoms with Crippen molar-refractivity contribution in [1.82, 2.24) is 0 Å². The predicted octanol–water partition coefficient (Wildman–Crippen LogP) is 12.8. The van der Waals surface area contributed by atoms with Crippen molar-refractivity contribution in [3.05, 3.63) is 151 Å². The average molecular weight is 622 g/mol. The Balaban J connectivity index is 1.19. The van der Waals surface area contributed by atoms with E-state index in [1.54, 1.807) is 11.1 Å². The second-order valence-corrected chi connectivity index (χ2v) is 14.5. The minimum absolute atomic E-state index is 0.102. The maximum absolute atomic E-state index is 6.41. The molecule has 1 aromatic heterocycles. The van der Waals surface area contributed by atoms with E-state index in [0.717, 1.165) is 39.2 Å². The summed E-state index contributed by atoms with van der Waals surface area (Å²) in [4.78, 5) is 2.45. The van der Waals surface area contributed by atoms with Crippen molar-refractivity contribution in [2.75, 3.05) is 4.90 Å². The summed E-state index contributed by atoms with van der Waals surface area (Å²) in [7, 11) is 0. The third kappa shape index (κ3) is 3.99. The lowest BCUT2D eigenvalue weighted by atomic mass is 9.51. The molecule has 6 aromatic carbocycles. The maximum atomic E-state index is 6.41. The molecule has 1 spiro atoms. The molecule has 0 saturated heterocycles. The van der Waals surface area contributed by atoms with Gasteiger partial charge in [0.1, 0.15) is 11.2 Å². The van der Waals surface area contributed by atoms with Gasteiger partial charge >= 0.3 is 0 Å². The Hall–Kier alpha value is -5.08. The molecule has 2 saturated carbocycles. The SMILES string of the molecule is C[C@H]1CC2CCC[C@H](C2)[C@@]12c1ccccc1-c1cc(N(c3ccc(-c4ccccc4)cc3)c3cccc4oc5ccccc5c34)ccc12. The van der Waals surface area contributed by atoms with Gasteiger partial charge in [-0.3, -0.25) is 0 Å². The highest BCUT2D eigenvalue weighted by atomic mass is 16.3. The summed E-state index contributed by atoms with van der Waals surface area (Å²) in [6.45, 7) is 2.55. The van der Waals surface area contributed by atoms with Crippen LogP contribution in [-0.2, 0) is 5.41 Å². The lowest BCUT2D eigenvalue weighted by molar-refractivity contribution is 0.0670. The van der Waals surface area contributed by atoms with Crippen LogP contribution < -0.4 is 4.90 Å². The fourth-order valence-corrected chi connectivity index (χ4v) is 10.3. The van der Waals surface area contributed by atoms with Gasteiger partial charge in [0, 0.05) is 22.2 Å². The fraction of sp³-hybridized carbons (Fsp3) is 0.217. The van der Waals surface area contributed by atoms with Crippen LogP contribution in [0.3, 0.4) is 0 Å². The second-order valence-electron chi connectivity index (χ2n) is 14.5. The van der Waals surface area contributed by atoms with Crippen molar-refractivity contribution in [3.63, 3.8) is 0 Å². The molecule has 234 valence electrons. The van der Waals surface area contributed by atoms with E-state index in [0.29, 0.717) is 11.8 Å². The van der Waals surface area contributed by atoms with E-state index >= 15 is 0 Å². The molecule has 7 aromatic rings. The van der Waals surface area contributed by atoms with Crippen LogP contribution in [0.4, 0.5) is 17.1 Å². The molecule has 2 bridgehead atoms. The van der Waals surface area contributed by atoms with Crippen LogP contribution in [0.5, 0.6) is 0 Å². The van der Waals surface area contributed by atoms with Gasteiger partial charge in [-0.1, -0.05) is 117 Å². The number of para-hydroxylation sites is 1. The first-order valence-corrected chi connectivity index (χ1v) is 17.8. The second kappa shape index (κ2) is 10.7. The molecule has 3 aliphatic carbocycles. The smallest absolute Gasteiger partial charge is 0.137 e. The Morgan fingerprint density at radius 3 is 2.23 bits per heavy atom. The van der Waals surface area contributed by atoms with Crippen LogP contribution in [0.2, 0.25) is 0 Å². The number of rotatable bonds is 4. The van der Waals surface area contributed by atoms with Gasteiger partial charge in [0.15, 0.2) is 0 Å². The Bertz CT molecular complexity index is 2310. The molecule has 4 atom stereocenters. The number of hydrogen-bond acceptors (Lipinski definition) is 2. The van der Waals surface area contributed by atoms with Gasteiger partial charge in [0.25, 0.3) is 0 Å². The zero-order valence-corrected chi connectivity index (χ0v) is 27.4. The lowest BCUT2D eigenvalue weighted by Gasteiger charge is -2.53. The molecule has 2 nitrogen and oxygen atoms in total. The summed E-state index contributed by atoms with van der Waals surface area (Å²) in [6.07, 6.45) is 6.83. The van der Waals surface area contributed by atoms with Crippen molar-refractivity contribution in [2.45, 2.75) is 44.4 Å². The van der Waals surface area contributed by atoms with Gasteiger partial charge < -0.3 is 9.32 Å². The first-order valence-electron chi connectivity index (χ1n) is 17.8. The molecule has 1 unspecified atom stereocenters. The Kier molecular flexibility index (Phi) is 6.25. The zero-order chi connectivity index (χ0) is 31.8. The van der Waals surface area contributed by atoms with Gasteiger partial charge in [-0.25, -0.2) is 0 Å². The normalized spacial score (nSPS) is 22.6. The van der Waals surface area contributed by atoms with Crippen LogP contribution in [0.25, 0.3) is 44.2 Å². The quantitative estimate of drug-likeness (QED) is 0.194. The third-order valence-electron chi connectivity index (χ3n) is 12.1. The first kappa shape index (κ1) is 28.0. The van der Waals surface area contributed by atoms with Crippen molar-refractivity contribution < 1.29 is 4.42 Å². The number of hydrogen-bond donors (Lipinski definition) is 0. The van der Waals surface area contributed by atoms with E-state index in [-0.39, 0.29) is 5.41 Å². The van der Waals surface area contributed by atoms with Crippen molar-refractivity contribution in [1.29, 1.82) is 0 Å². The largest absolute Gasteiger partial charge is 0.456 e. The fourth-order valence-electron chi connectivity index (χ4n) is 10.3. The van der Waals surface area contributed by atoms with E-state index in [9.17, 15) is 0 Å². The number of fused-ring (bicyclic) bond motifs is 11. The standard InChI is InChI=1S/C46H39NO/c1-30-27-31-11-9-14-34(28-31)46(30)40-17-7-5-15-37(40)39-29-36(25-26-41(39)46)47(35-23-21-33(22-24-35)32-12-3-2-4-13-32)42-18-10-20-44-45(42)38-16-6-8-19-43(38)48-44/h2-8,10,12-13,15-26,29-31,34H,9,11,14,27-28H2,1H3/t30-,31?,34+,46+/m0/s1. The number of anilines is 3. The number of nitrogens with zero attached hydrogens (tertiary/aromatic N) is 1. The van der Waals surface area contributed by atoms with Gasteiger partial charge in [-0.2, -0.15) is 0 Å². The van der Waals surface area contributed by atoms with Crippen LogP contribution >= 0.6 is 0 Å². The highest BCUT2D eigenvalue weighted by Crippen LogP contribution is 2.64. The van der Waals surface area contributed by atoms with E-state index in [2.05, 4.69) is 151 Å². The Morgan fingerprint density at radius 2 is 1.33 bits per heavy atom. The van der Waals surface area contributed by atoms with Crippen molar-refractivity contribution >= 4 is 39.0 Å². The van der Waals surface area contributed by atoms with Gasteiger partial charge in [-0.05, 0) is 113 Å². The molecule has 48 heavy (non-hydrogen) atoms. The molecular weight excluding hydrogens is 583 g/mol. The molecule has 0 amide bonds. The number of benzene rings is 6. The zero-order valence-electron chi connectivity index (χ0n) is 27.4. The summed E-state index contributed by atoms with van der Waals surface area (Å²) in [5.74, 6) is 2.22. The summed E-state index contributed by atoms with van der Waals surface area (Å²) < 4.78 is 6.41. The van der Waals surface area contributed by atoms with E-state index < -0.39 is 0 Å². The molecule has 2 fully saturated rings. The van der Waals surface area contributed by atoms with Crippen LogP contribution in [0.15, 0.2) is 144 Å². The van der Waals surface area contributed by atoms with Crippen LogP contribution in [0.1, 0.15) is 50.2 Å². The summed E-state index contributed by atoms with van der Waals surface area (Å²) in [5, 5.41) is 2.29. The molecule has 2 heteroatoms. The first-order chi connectivity index (χ1) is 23.7. The molecule has 0 radical (unpaired) electrons. The van der Waals surface area contributed by atoms with E-state index in [1.807, 2.05) is 0 Å². The predicted molar refractivity (Wildman–Crippen MR) is 199 cm³/mol. The molecule has 0 N–H and O–H groups in total. The third-order valence-corrected chi connectivity index (χ3v) is 12.1. The highest BCUT2D eigenvalue weighted by Gasteiger charge is 2.55.